The predicted octanol–water partition coefficient (Wildman–Crippen LogP) is 11.7. The SMILES string of the molecule is CCCCCCCCCCCc1cc(O)c(S(=O)(=O)O)cc1Oc1ccccc1.CCCCCCCCCCCc1cc([O-])c(S(=O)(=O)[O-])cc1Oc1ccccc1.[Ca+2]. The standard InChI is InChI=1S/2C23H32O5S.Ca/c2*1-2-3-4-5-6-7-8-9-11-14-19-17-21(24)23(29(25,26)27)18-22(19)28-20-15-12-10-13-16-20;/h2*10,12-13,15-18,24H,2-9,11,14H2,1H3,(H,25,26,27);/q;;+2/p-2. The Balaban J connectivity index is 0.000000400. The Hall–Kier alpha value is -2.84. The molecule has 2 N–H and O–H groups in total. The number of unbranched alkanes of at least 4 members (excludes halogenated alkanes) is 16. The number of hydrogen-bond acceptors (Lipinski definition) is 9. The molecule has 0 fully saturated rings. The van der Waals surface area contributed by atoms with E-state index in [1.807, 2.05) is 24.3 Å². The van der Waals surface area contributed by atoms with Crippen molar-refractivity contribution < 1.29 is 45.6 Å². The van der Waals surface area contributed by atoms with Crippen molar-refractivity contribution in [1.82, 2.24) is 0 Å². The molecule has 59 heavy (non-hydrogen) atoms. The van der Waals surface area contributed by atoms with Gasteiger partial charge in [0.25, 0.3) is 10.1 Å². The number of benzene rings is 4. The number of hydrogen-bond donors (Lipinski definition) is 2. The van der Waals surface area contributed by atoms with Gasteiger partial charge >= 0.3 is 37.7 Å². The fourth-order valence-electron chi connectivity index (χ4n) is 6.64. The Morgan fingerprint density at radius 2 is 0.881 bits per heavy atom. The van der Waals surface area contributed by atoms with Gasteiger partial charge in [-0.05, 0) is 73.2 Å². The van der Waals surface area contributed by atoms with Crippen LogP contribution in [0.5, 0.6) is 34.5 Å². The molecule has 0 spiro atoms. The van der Waals surface area contributed by atoms with Crippen LogP contribution in [-0.4, -0.2) is 68.8 Å². The van der Waals surface area contributed by atoms with Crippen LogP contribution in [0.3, 0.4) is 0 Å². The molecule has 0 aliphatic heterocycles. The number of phenols is 1. The molecule has 0 unspecified atom stereocenters. The van der Waals surface area contributed by atoms with Gasteiger partial charge in [0.15, 0.2) is 0 Å². The van der Waals surface area contributed by atoms with Crippen LogP contribution in [0.2, 0.25) is 0 Å². The van der Waals surface area contributed by atoms with Crippen molar-refractivity contribution >= 4 is 58.0 Å². The summed E-state index contributed by atoms with van der Waals surface area (Å²) in [5.74, 6) is 0.442. The number of aromatic hydroxyl groups is 1. The van der Waals surface area contributed by atoms with E-state index in [2.05, 4.69) is 13.8 Å². The van der Waals surface area contributed by atoms with E-state index < -0.39 is 41.5 Å². The van der Waals surface area contributed by atoms with Gasteiger partial charge in [-0.15, -0.1) is 0 Å². The normalized spacial score (nSPS) is 11.3. The quantitative estimate of drug-likeness (QED) is 0.0351. The topological polar surface area (TPSA) is 173 Å². The summed E-state index contributed by atoms with van der Waals surface area (Å²) in [6, 6.07) is 22.8. The summed E-state index contributed by atoms with van der Waals surface area (Å²) in [4.78, 5) is -1.31. The van der Waals surface area contributed by atoms with Crippen molar-refractivity contribution in [3.8, 4) is 34.5 Å². The molecule has 0 bridgehead atoms. The summed E-state index contributed by atoms with van der Waals surface area (Å²) in [5, 5.41) is 22.2. The first-order valence-corrected chi connectivity index (χ1v) is 23.8. The fraction of sp³-hybridized carbons (Fsp3) is 0.478. The Labute approximate surface area is 383 Å². The molecular formula is C46H62CaO10S2. The molecule has 0 saturated carbocycles. The Morgan fingerprint density at radius 1 is 0.525 bits per heavy atom. The molecular weight excluding hydrogens is 817 g/mol. The average molecular weight is 879 g/mol. The molecule has 0 heterocycles. The van der Waals surface area contributed by atoms with E-state index in [9.17, 15) is 36.2 Å². The van der Waals surface area contributed by atoms with E-state index in [0.29, 0.717) is 35.7 Å². The van der Waals surface area contributed by atoms with Gasteiger partial charge in [0.05, 0.1) is 4.90 Å². The summed E-state index contributed by atoms with van der Waals surface area (Å²) in [7, 11) is -9.39. The average Bonchev–Trinajstić information content (AvgIpc) is 3.18. The molecule has 0 saturated heterocycles. The van der Waals surface area contributed by atoms with Crippen LogP contribution in [0.25, 0.3) is 0 Å². The minimum Gasteiger partial charge on any atom is -0.872 e. The second-order valence-corrected chi connectivity index (χ2v) is 17.5. The van der Waals surface area contributed by atoms with Gasteiger partial charge in [-0.3, -0.25) is 4.55 Å². The van der Waals surface area contributed by atoms with Crippen LogP contribution in [0.4, 0.5) is 0 Å². The first-order chi connectivity index (χ1) is 27.8. The molecule has 4 aromatic carbocycles. The summed E-state index contributed by atoms with van der Waals surface area (Å²) < 4.78 is 78.2. The Morgan fingerprint density at radius 3 is 1.25 bits per heavy atom. The van der Waals surface area contributed by atoms with Gasteiger partial charge in [0, 0.05) is 6.07 Å². The molecule has 0 aliphatic carbocycles. The van der Waals surface area contributed by atoms with Crippen LogP contribution in [0.1, 0.15) is 141 Å². The molecule has 4 aromatic rings. The Kier molecular flexibility index (Phi) is 25.4. The van der Waals surface area contributed by atoms with Crippen molar-refractivity contribution in [2.75, 3.05) is 0 Å². The summed E-state index contributed by atoms with van der Waals surface area (Å²) in [5.41, 5.74) is 1.36. The molecule has 320 valence electrons. The van der Waals surface area contributed by atoms with Crippen LogP contribution in [0.15, 0.2) is 94.7 Å². The number of phenolic OH excluding ortho intramolecular Hbond substituents is 1. The molecule has 0 atom stereocenters. The molecule has 0 radical (unpaired) electrons. The predicted molar refractivity (Wildman–Crippen MR) is 232 cm³/mol. The van der Waals surface area contributed by atoms with Gasteiger partial charge < -0.3 is 24.2 Å². The minimum absolute atomic E-state index is 0. The van der Waals surface area contributed by atoms with Crippen LogP contribution < -0.4 is 14.6 Å². The molecule has 10 nitrogen and oxygen atoms in total. The van der Waals surface area contributed by atoms with Gasteiger partial charge in [-0.2, -0.15) is 8.42 Å². The first-order valence-electron chi connectivity index (χ1n) is 20.9. The van der Waals surface area contributed by atoms with E-state index in [0.717, 1.165) is 50.2 Å². The first kappa shape index (κ1) is 52.3. The maximum Gasteiger partial charge on any atom is 2.00 e. The Bertz CT molecular complexity index is 1850. The molecule has 0 aliphatic rings. The number of rotatable bonds is 26. The number of aryl methyl sites for hydroxylation is 2. The largest absolute Gasteiger partial charge is 2.00 e. The van der Waals surface area contributed by atoms with Crippen LogP contribution in [0, 0.1) is 0 Å². The monoisotopic (exact) mass is 878 g/mol. The third-order valence-electron chi connectivity index (χ3n) is 9.86. The minimum atomic E-state index is -4.85. The van der Waals surface area contributed by atoms with Crippen molar-refractivity contribution in [2.45, 2.75) is 152 Å². The van der Waals surface area contributed by atoms with Crippen molar-refractivity contribution in [3.05, 3.63) is 96.1 Å². The third kappa shape index (κ3) is 20.5. The maximum absolute atomic E-state index is 12.1. The maximum atomic E-state index is 12.1. The van der Waals surface area contributed by atoms with Gasteiger partial charge in [-0.25, -0.2) is 8.42 Å². The number of ether oxygens (including phenoxy) is 2. The van der Waals surface area contributed by atoms with E-state index in [-0.39, 0.29) is 43.5 Å². The molecule has 0 aromatic heterocycles. The zero-order valence-corrected chi connectivity index (χ0v) is 38.8. The van der Waals surface area contributed by atoms with Gasteiger partial charge in [0.2, 0.25) is 0 Å². The summed E-state index contributed by atoms with van der Waals surface area (Å²) >= 11 is 0. The molecule has 4 rings (SSSR count). The second-order valence-electron chi connectivity index (χ2n) is 14.8. The van der Waals surface area contributed by atoms with Gasteiger partial charge in [-0.1, -0.05) is 165 Å². The molecule has 0 amide bonds. The fourth-order valence-corrected chi connectivity index (χ4v) is 7.78. The summed E-state index contributed by atoms with van der Waals surface area (Å²) in [6.45, 7) is 4.43. The van der Waals surface area contributed by atoms with Crippen molar-refractivity contribution in [3.63, 3.8) is 0 Å². The smallest absolute Gasteiger partial charge is 0.872 e. The van der Waals surface area contributed by atoms with Crippen molar-refractivity contribution in [2.24, 2.45) is 0 Å². The van der Waals surface area contributed by atoms with E-state index in [4.69, 9.17) is 9.47 Å². The number of para-hydroxylation sites is 2. The summed E-state index contributed by atoms with van der Waals surface area (Å²) in [6.07, 6.45) is 22.8. The van der Waals surface area contributed by atoms with Crippen LogP contribution in [-0.2, 0) is 33.1 Å². The van der Waals surface area contributed by atoms with E-state index >= 15 is 0 Å². The van der Waals surface area contributed by atoms with Gasteiger partial charge in [0.1, 0.15) is 43.8 Å². The zero-order valence-electron chi connectivity index (χ0n) is 34.9. The third-order valence-corrected chi connectivity index (χ3v) is 11.6. The molecule has 13 heteroatoms. The van der Waals surface area contributed by atoms with E-state index in [1.165, 1.54) is 95.2 Å². The van der Waals surface area contributed by atoms with Crippen LogP contribution >= 0.6 is 0 Å². The second kappa shape index (κ2) is 28.6. The van der Waals surface area contributed by atoms with E-state index in [1.54, 1.807) is 36.4 Å². The van der Waals surface area contributed by atoms with Crippen molar-refractivity contribution in [1.29, 1.82) is 0 Å². The zero-order chi connectivity index (χ0) is 42.2.